The fraction of sp³-hybridized carbons (Fsp3) is 0.296. The minimum atomic E-state index is -3.24. The van der Waals surface area contributed by atoms with Gasteiger partial charge in [0.1, 0.15) is 0 Å². The maximum atomic E-state index is 14.2. The Morgan fingerprint density at radius 1 is 1.11 bits per heavy atom. The summed E-state index contributed by atoms with van der Waals surface area (Å²) >= 11 is 12.3. The van der Waals surface area contributed by atoms with E-state index in [1.165, 1.54) is 12.1 Å². The van der Waals surface area contributed by atoms with E-state index in [-0.39, 0.29) is 29.7 Å². The highest BCUT2D eigenvalue weighted by atomic mass is 35.5. The van der Waals surface area contributed by atoms with Crippen molar-refractivity contribution in [2.45, 2.75) is 38.5 Å². The number of carbonyl (C=O) groups excluding carboxylic acids is 1. The second kappa shape index (κ2) is 11.2. The molecule has 1 aliphatic rings. The van der Waals surface area contributed by atoms with E-state index >= 15 is 0 Å². The number of hydrogen-bond acceptors (Lipinski definition) is 4. The Kier molecular flexibility index (Phi) is 8.23. The van der Waals surface area contributed by atoms with E-state index in [1.54, 1.807) is 36.1 Å². The summed E-state index contributed by atoms with van der Waals surface area (Å²) in [6.07, 6.45) is -0.294. The Bertz CT molecular complexity index is 1350. The molecule has 2 unspecified atom stereocenters. The molecule has 36 heavy (non-hydrogen) atoms. The third kappa shape index (κ3) is 6.20. The van der Waals surface area contributed by atoms with Crippen LogP contribution in [-0.2, 0) is 21.2 Å². The molecule has 0 spiro atoms. The molecule has 2 atom stereocenters. The molecular weight excluding hydrogens is 524 g/mol. The monoisotopic (exact) mass is 549 g/mol. The highest BCUT2D eigenvalue weighted by molar-refractivity contribution is 7.91. The molecule has 1 fully saturated rings. The van der Waals surface area contributed by atoms with Gasteiger partial charge in [-0.3, -0.25) is 4.79 Å². The van der Waals surface area contributed by atoms with E-state index < -0.39 is 27.8 Å². The fourth-order valence-electron chi connectivity index (χ4n) is 4.31. The topological polar surface area (TPSA) is 63.7 Å². The Morgan fingerprint density at radius 3 is 2.44 bits per heavy atom. The van der Waals surface area contributed by atoms with Crippen molar-refractivity contribution in [2.24, 2.45) is 0 Å². The smallest absolute Gasteiger partial charge is 0.264 e. The predicted molar refractivity (Wildman–Crippen MR) is 141 cm³/mol. The first kappa shape index (κ1) is 26.5. The van der Waals surface area contributed by atoms with Gasteiger partial charge in [-0.25, -0.2) is 12.8 Å². The van der Waals surface area contributed by atoms with E-state index in [0.29, 0.717) is 22.9 Å². The highest BCUT2D eigenvalue weighted by Crippen LogP contribution is 2.31. The quantitative estimate of drug-likeness (QED) is 0.337. The number of nitrogens with zero attached hydrogens (tertiary/aromatic N) is 1. The van der Waals surface area contributed by atoms with Gasteiger partial charge < -0.3 is 9.64 Å². The average molecular weight is 550 g/mol. The van der Waals surface area contributed by atoms with E-state index in [4.69, 9.17) is 27.9 Å². The lowest BCUT2D eigenvalue weighted by atomic mass is 10.0. The van der Waals surface area contributed by atoms with Crippen molar-refractivity contribution < 1.29 is 22.3 Å². The van der Waals surface area contributed by atoms with Crippen molar-refractivity contribution in [1.82, 2.24) is 4.90 Å². The maximum Gasteiger partial charge on any atom is 0.264 e. The normalized spacial score (nSPS) is 17.5. The molecule has 1 saturated heterocycles. The van der Waals surface area contributed by atoms with Gasteiger partial charge in [-0.2, -0.15) is 0 Å². The summed E-state index contributed by atoms with van der Waals surface area (Å²) in [4.78, 5) is 15.2. The maximum absolute atomic E-state index is 14.2. The number of ether oxygens (including phenoxy) is 1. The van der Waals surface area contributed by atoms with Crippen molar-refractivity contribution >= 4 is 38.9 Å². The molecule has 1 heterocycles. The zero-order chi connectivity index (χ0) is 25.9. The van der Waals surface area contributed by atoms with Crippen molar-refractivity contribution in [2.75, 3.05) is 11.5 Å². The number of amides is 1. The van der Waals surface area contributed by atoms with Crippen LogP contribution in [0.15, 0.2) is 66.7 Å². The number of hydrogen-bond donors (Lipinski definition) is 0. The molecule has 0 aromatic heterocycles. The largest absolute Gasteiger partial charge is 0.478 e. The Morgan fingerprint density at radius 2 is 1.83 bits per heavy atom. The molecule has 0 N–H and O–H groups in total. The van der Waals surface area contributed by atoms with Gasteiger partial charge in [0.2, 0.25) is 0 Å². The SMILES string of the molecule is CCC(Oc1ccccc1F)C(=O)N(Cc1ccc(-c2ccc(Cl)cc2Cl)cc1)C1CCS(=O)(=O)C1. The molecule has 1 aliphatic heterocycles. The molecule has 0 bridgehead atoms. The van der Waals surface area contributed by atoms with Crippen molar-refractivity contribution in [3.8, 4) is 16.9 Å². The van der Waals surface area contributed by atoms with Gasteiger partial charge in [0.25, 0.3) is 5.91 Å². The van der Waals surface area contributed by atoms with Gasteiger partial charge in [-0.15, -0.1) is 0 Å². The average Bonchev–Trinajstić information content (AvgIpc) is 3.21. The lowest BCUT2D eigenvalue weighted by molar-refractivity contribution is -0.141. The van der Waals surface area contributed by atoms with E-state index in [0.717, 1.165) is 16.7 Å². The summed E-state index contributed by atoms with van der Waals surface area (Å²) in [6.45, 7) is 1.97. The molecular formula is C27H26Cl2FNO4S. The molecule has 9 heteroatoms. The number of sulfone groups is 1. The summed E-state index contributed by atoms with van der Waals surface area (Å²) in [5.74, 6) is -1.02. The number of para-hydroxylation sites is 1. The number of carbonyl (C=O) groups is 1. The van der Waals surface area contributed by atoms with E-state index in [9.17, 15) is 17.6 Å². The molecule has 5 nitrogen and oxygen atoms in total. The van der Waals surface area contributed by atoms with Crippen LogP contribution in [0.25, 0.3) is 11.1 Å². The third-order valence-corrected chi connectivity index (χ3v) is 8.53. The molecule has 0 saturated carbocycles. The van der Waals surface area contributed by atoms with Crippen LogP contribution in [0.1, 0.15) is 25.3 Å². The zero-order valence-corrected chi connectivity index (χ0v) is 22.0. The third-order valence-electron chi connectivity index (χ3n) is 6.23. The van der Waals surface area contributed by atoms with Gasteiger partial charge in [0, 0.05) is 28.2 Å². The fourth-order valence-corrected chi connectivity index (χ4v) is 6.55. The predicted octanol–water partition coefficient (Wildman–Crippen LogP) is 6.17. The molecule has 1 amide bonds. The summed E-state index contributed by atoms with van der Waals surface area (Å²) in [6, 6.07) is 18.2. The summed E-state index contributed by atoms with van der Waals surface area (Å²) in [5, 5.41) is 1.07. The van der Waals surface area contributed by atoms with Gasteiger partial charge in [-0.05, 0) is 48.2 Å². The zero-order valence-electron chi connectivity index (χ0n) is 19.7. The number of halogens is 3. The first-order valence-corrected chi connectivity index (χ1v) is 14.2. The van der Waals surface area contributed by atoms with Crippen LogP contribution in [0.3, 0.4) is 0 Å². The second-order valence-corrected chi connectivity index (χ2v) is 11.9. The van der Waals surface area contributed by atoms with Crippen LogP contribution in [-0.4, -0.2) is 42.9 Å². The lowest BCUT2D eigenvalue weighted by Gasteiger charge is -2.32. The minimum absolute atomic E-state index is 0.0131. The summed E-state index contributed by atoms with van der Waals surface area (Å²) in [7, 11) is -3.24. The van der Waals surface area contributed by atoms with Gasteiger partial charge >= 0.3 is 0 Å². The second-order valence-electron chi connectivity index (χ2n) is 8.79. The molecule has 3 aromatic rings. The first-order valence-electron chi connectivity index (χ1n) is 11.6. The molecule has 4 rings (SSSR count). The van der Waals surface area contributed by atoms with E-state index in [2.05, 4.69) is 0 Å². The van der Waals surface area contributed by atoms with Crippen molar-refractivity contribution in [1.29, 1.82) is 0 Å². The Labute approximate surface area is 220 Å². The van der Waals surface area contributed by atoms with Gasteiger partial charge in [0.15, 0.2) is 27.5 Å². The molecule has 0 aliphatic carbocycles. The first-order chi connectivity index (χ1) is 17.2. The Hall–Kier alpha value is -2.61. The molecule has 0 radical (unpaired) electrons. The highest BCUT2D eigenvalue weighted by Gasteiger charge is 2.37. The van der Waals surface area contributed by atoms with Gasteiger partial charge in [0.05, 0.1) is 11.5 Å². The van der Waals surface area contributed by atoms with E-state index in [1.807, 2.05) is 30.3 Å². The van der Waals surface area contributed by atoms with Crippen LogP contribution in [0.5, 0.6) is 5.75 Å². The number of benzene rings is 3. The van der Waals surface area contributed by atoms with Crippen LogP contribution >= 0.6 is 23.2 Å². The minimum Gasteiger partial charge on any atom is -0.478 e. The van der Waals surface area contributed by atoms with Crippen LogP contribution in [0, 0.1) is 5.82 Å². The van der Waals surface area contributed by atoms with Crippen LogP contribution in [0.2, 0.25) is 10.0 Å². The Balaban J connectivity index is 1.58. The van der Waals surface area contributed by atoms with Crippen LogP contribution in [0.4, 0.5) is 4.39 Å². The number of rotatable bonds is 8. The lowest BCUT2D eigenvalue weighted by Crippen LogP contribution is -2.47. The summed E-state index contributed by atoms with van der Waals surface area (Å²) in [5.41, 5.74) is 2.53. The molecule has 3 aromatic carbocycles. The van der Waals surface area contributed by atoms with Crippen molar-refractivity contribution in [3.05, 3.63) is 88.2 Å². The summed E-state index contributed by atoms with van der Waals surface area (Å²) < 4.78 is 44.4. The standard InChI is InChI=1S/C27H26Cl2FNO4S/c1-2-25(35-26-6-4-3-5-24(26)30)27(32)31(21-13-14-36(33,34)17-21)16-18-7-9-19(10-8-18)22-12-11-20(28)15-23(22)29/h3-12,15,21,25H,2,13-14,16-17H2,1H3. The van der Waals surface area contributed by atoms with Gasteiger partial charge in [-0.1, -0.05) is 72.6 Å². The van der Waals surface area contributed by atoms with Crippen LogP contribution < -0.4 is 4.74 Å². The molecule has 190 valence electrons. The van der Waals surface area contributed by atoms with Crippen molar-refractivity contribution in [3.63, 3.8) is 0 Å².